The first-order valence-corrected chi connectivity index (χ1v) is 11.0. The van der Waals surface area contributed by atoms with Crippen LogP contribution in [-0.4, -0.2) is 19.1 Å². The van der Waals surface area contributed by atoms with Crippen molar-refractivity contribution in [2.75, 3.05) is 0 Å². The Kier molecular flexibility index (Phi) is 5.10. The fraction of sp³-hybridized carbons (Fsp3) is 0.143. The summed E-state index contributed by atoms with van der Waals surface area (Å²) in [5, 5.41) is 10.5. The van der Waals surface area contributed by atoms with E-state index in [4.69, 9.17) is 0 Å². The van der Waals surface area contributed by atoms with E-state index >= 15 is 0 Å². The van der Waals surface area contributed by atoms with Gasteiger partial charge in [-0.25, -0.2) is 4.79 Å². The number of fused-ring (bicyclic) bond motifs is 1. The third-order valence-electron chi connectivity index (χ3n) is 6.13. The van der Waals surface area contributed by atoms with Gasteiger partial charge in [0, 0.05) is 53.9 Å². The number of nitrogens with zero attached hydrogens (tertiary/aromatic N) is 5. The number of para-hydroxylation sites is 1. The Bertz CT molecular complexity index is 1620. The molecule has 0 atom stereocenters. The Morgan fingerprint density at radius 2 is 1.62 bits per heavy atom. The molecule has 0 saturated heterocycles. The highest BCUT2D eigenvalue weighted by atomic mass is 16.1. The predicted molar refractivity (Wildman–Crippen MR) is 134 cm³/mol. The lowest BCUT2D eigenvalue weighted by Crippen LogP contribution is -2.21. The van der Waals surface area contributed by atoms with Crippen molar-refractivity contribution < 1.29 is 0 Å². The molecule has 0 aliphatic carbocycles. The molecule has 0 amide bonds. The molecule has 0 saturated carbocycles. The zero-order valence-corrected chi connectivity index (χ0v) is 19.2. The Hall–Kier alpha value is -4.50. The summed E-state index contributed by atoms with van der Waals surface area (Å²) in [5.74, 6) is 0. The minimum atomic E-state index is -0.602. The summed E-state index contributed by atoms with van der Waals surface area (Å²) in [6.07, 6.45) is 7.22. The largest absolute Gasteiger partial charge is 0.332 e. The maximum Gasteiger partial charge on any atom is 0.332 e. The summed E-state index contributed by atoms with van der Waals surface area (Å²) in [7, 11) is 1.74. The molecular formula is C28H23N5O. The van der Waals surface area contributed by atoms with E-state index in [1.165, 1.54) is 0 Å². The molecule has 2 aromatic carbocycles. The monoisotopic (exact) mass is 445 g/mol. The van der Waals surface area contributed by atoms with Crippen LogP contribution in [0.1, 0.15) is 19.4 Å². The summed E-state index contributed by atoms with van der Waals surface area (Å²) in [5.41, 5.74) is 5.26. The van der Waals surface area contributed by atoms with Gasteiger partial charge >= 0.3 is 5.69 Å². The fourth-order valence-corrected chi connectivity index (χ4v) is 4.07. The van der Waals surface area contributed by atoms with Gasteiger partial charge in [-0.1, -0.05) is 30.3 Å². The first-order valence-electron chi connectivity index (χ1n) is 11.0. The average molecular weight is 446 g/mol. The summed E-state index contributed by atoms with van der Waals surface area (Å²) in [4.78, 5) is 22.1. The van der Waals surface area contributed by atoms with E-state index < -0.39 is 5.41 Å². The molecule has 3 aromatic heterocycles. The van der Waals surface area contributed by atoms with Gasteiger partial charge in [0.05, 0.1) is 28.4 Å². The van der Waals surface area contributed by atoms with Crippen LogP contribution in [0.2, 0.25) is 0 Å². The first kappa shape index (κ1) is 21.4. The van der Waals surface area contributed by atoms with E-state index in [9.17, 15) is 10.1 Å². The second-order valence-electron chi connectivity index (χ2n) is 8.91. The van der Waals surface area contributed by atoms with Gasteiger partial charge in [-0.05, 0) is 49.7 Å². The summed E-state index contributed by atoms with van der Waals surface area (Å²) >= 11 is 0. The molecule has 0 bridgehead atoms. The van der Waals surface area contributed by atoms with E-state index in [-0.39, 0.29) is 5.69 Å². The Morgan fingerprint density at radius 1 is 0.912 bits per heavy atom. The van der Waals surface area contributed by atoms with Crippen molar-refractivity contribution in [2.45, 2.75) is 19.3 Å². The van der Waals surface area contributed by atoms with Crippen LogP contribution in [0.3, 0.4) is 0 Å². The van der Waals surface area contributed by atoms with Gasteiger partial charge in [0.25, 0.3) is 0 Å². The molecule has 6 nitrogen and oxygen atoms in total. The Labute approximate surface area is 197 Å². The molecule has 0 N–H and O–H groups in total. The number of aryl methyl sites for hydroxylation is 1. The molecule has 0 fully saturated rings. The average Bonchev–Trinajstić information content (AvgIpc) is 3.18. The summed E-state index contributed by atoms with van der Waals surface area (Å²) < 4.78 is 3.23. The lowest BCUT2D eigenvalue weighted by molar-refractivity contribution is 0.686. The van der Waals surface area contributed by atoms with Crippen LogP contribution in [-0.2, 0) is 12.5 Å². The number of aromatic nitrogens is 4. The van der Waals surface area contributed by atoms with E-state index in [1.54, 1.807) is 28.6 Å². The van der Waals surface area contributed by atoms with Crippen molar-refractivity contribution in [3.63, 3.8) is 0 Å². The van der Waals surface area contributed by atoms with Crippen molar-refractivity contribution in [1.29, 1.82) is 5.26 Å². The standard InChI is InChI=1S/C28H23N5O/c1-28(2,18-29)23-8-10-24(11-9-23)33-26(17-32(3)27(33)34)22-13-20(14-30-15-22)21-12-19-6-4-5-7-25(19)31-16-21/h4-17H,1-3H3. The normalized spacial score (nSPS) is 11.5. The lowest BCUT2D eigenvalue weighted by Gasteiger charge is -2.16. The Balaban J connectivity index is 1.60. The topological polar surface area (TPSA) is 76.5 Å². The summed E-state index contributed by atoms with van der Waals surface area (Å²) in [6.45, 7) is 3.75. The van der Waals surface area contributed by atoms with Crippen LogP contribution in [0, 0.1) is 11.3 Å². The molecule has 3 heterocycles. The van der Waals surface area contributed by atoms with Crippen LogP contribution < -0.4 is 5.69 Å². The molecule has 0 spiro atoms. The first-order chi connectivity index (χ1) is 16.4. The molecule has 6 heteroatoms. The summed E-state index contributed by atoms with van der Waals surface area (Å²) in [6, 6.07) is 22.0. The van der Waals surface area contributed by atoms with Crippen LogP contribution in [0.5, 0.6) is 0 Å². The van der Waals surface area contributed by atoms with Gasteiger partial charge in [-0.3, -0.25) is 14.5 Å². The van der Waals surface area contributed by atoms with Crippen LogP contribution in [0.4, 0.5) is 0 Å². The lowest BCUT2D eigenvalue weighted by atomic mass is 9.86. The van der Waals surface area contributed by atoms with Gasteiger partial charge < -0.3 is 4.57 Å². The van der Waals surface area contributed by atoms with Crippen molar-refractivity contribution in [1.82, 2.24) is 19.1 Å². The molecule has 166 valence electrons. The van der Waals surface area contributed by atoms with Crippen molar-refractivity contribution in [3.05, 3.63) is 101 Å². The fourth-order valence-electron chi connectivity index (χ4n) is 4.07. The smallest absolute Gasteiger partial charge is 0.301 e. The number of imidazole rings is 1. The maximum atomic E-state index is 13.0. The second-order valence-corrected chi connectivity index (χ2v) is 8.91. The third-order valence-corrected chi connectivity index (χ3v) is 6.13. The minimum Gasteiger partial charge on any atom is -0.301 e. The van der Waals surface area contributed by atoms with Gasteiger partial charge in [0.1, 0.15) is 0 Å². The highest BCUT2D eigenvalue weighted by Gasteiger charge is 2.20. The molecule has 34 heavy (non-hydrogen) atoms. The van der Waals surface area contributed by atoms with E-state index in [2.05, 4.69) is 22.1 Å². The maximum absolute atomic E-state index is 13.0. The number of rotatable bonds is 4. The molecule has 0 aliphatic heterocycles. The van der Waals surface area contributed by atoms with Gasteiger partial charge in [-0.2, -0.15) is 5.26 Å². The molecule has 0 unspecified atom stereocenters. The number of benzene rings is 2. The molecule has 5 rings (SSSR count). The zero-order valence-electron chi connectivity index (χ0n) is 19.2. The quantitative estimate of drug-likeness (QED) is 0.378. The number of pyridine rings is 2. The molecular weight excluding hydrogens is 422 g/mol. The van der Waals surface area contributed by atoms with Crippen molar-refractivity contribution >= 4 is 10.9 Å². The second kappa shape index (κ2) is 8.13. The van der Waals surface area contributed by atoms with E-state index in [0.717, 1.165) is 44.5 Å². The molecule has 0 aliphatic rings. The van der Waals surface area contributed by atoms with Crippen molar-refractivity contribution in [3.8, 4) is 34.1 Å². The zero-order chi connectivity index (χ0) is 23.9. The SMILES string of the molecule is Cn1cc(-c2cncc(-c3cnc4ccccc4c3)c2)n(-c2ccc(C(C)(C)C#N)cc2)c1=O. The molecule has 0 radical (unpaired) electrons. The number of nitriles is 1. The van der Waals surface area contributed by atoms with Crippen LogP contribution in [0.15, 0.2) is 90.2 Å². The minimum absolute atomic E-state index is 0.153. The van der Waals surface area contributed by atoms with Crippen LogP contribution in [0.25, 0.3) is 39.0 Å². The third kappa shape index (κ3) is 3.67. The van der Waals surface area contributed by atoms with E-state index in [0.29, 0.717) is 0 Å². The highest BCUT2D eigenvalue weighted by Crippen LogP contribution is 2.29. The van der Waals surface area contributed by atoms with Crippen molar-refractivity contribution in [2.24, 2.45) is 7.05 Å². The highest BCUT2D eigenvalue weighted by molar-refractivity contribution is 5.84. The number of hydrogen-bond donors (Lipinski definition) is 0. The molecule has 5 aromatic rings. The van der Waals surface area contributed by atoms with Gasteiger partial charge in [0.15, 0.2) is 0 Å². The van der Waals surface area contributed by atoms with Gasteiger partial charge in [0.2, 0.25) is 0 Å². The van der Waals surface area contributed by atoms with Gasteiger partial charge in [-0.15, -0.1) is 0 Å². The van der Waals surface area contributed by atoms with E-state index in [1.807, 2.05) is 80.8 Å². The van der Waals surface area contributed by atoms with Crippen LogP contribution >= 0.6 is 0 Å². The predicted octanol–water partition coefficient (Wildman–Crippen LogP) is 5.25. The Morgan fingerprint density at radius 3 is 2.38 bits per heavy atom. The number of hydrogen-bond acceptors (Lipinski definition) is 4.